The second-order valence-electron chi connectivity index (χ2n) is 8.97. The molecule has 0 aliphatic carbocycles. The van der Waals surface area contributed by atoms with Gasteiger partial charge in [-0.05, 0) is 38.1 Å². The van der Waals surface area contributed by atoms with Crippen molar-refractivity contribution in [1.29, 1.82) is 0 Å². The molecule has 4 rings (SSSR count). The highest BCUT2D eigenvalue weighted by Crippen LogP contribution is 2.37. The number of nitrogens with one attached hydrogen (secondary N) is 1. The summed E-state index contributed by atoms with van der Waals surface area (Å²) in [6, 6.07) is 15.5. The lowest BCUT2D eigenvalue weighted by atomic mass is 9.95. The van der Waals surface area contributed by atoms with Crippen LogP contribution < -0.4 is 10.9 Å². The first-order valence-electron chi connectivity index (χ1n) is 11.7. The van der Waals surface area contributed by atoms with Gasteiger partial charge in [-0.25, -0.2) is 9.48 Å². The number of fused-ring (bicyclic) bond motifs is 1. The van der Waals surface area contributed by atoms with Crippen LogP contribution in [-0.2, 0) is 11.3 Å². The van der Waals surface area contributed by atoms with Gasteiger partial charge in [0.2, 0.25) is 5.91 Å². The highest BCUT2D eigenvalue weighted by atomic mass is 16.6. The molecule has 3 aromatic rings. The molecule has 0 spiro atoms. The number of allylic oxidation sites excluding steroid dienone is 1. The first-order valence-corrected chi connectivity index (χ1v) is 11.7. The third-order valence-electron chi connectivity index (χ3n) is 6.26. The molecule has 1 aliphatic rings. The third-order valence-corrected chi connectivity index (χ3v) is 6.26. The molecular formula is C26H27N5O6. The second kappa shape index (κ2) is 10.6. The summed E-state index contributed by atoms with van der Waals surface area (Å²) in [5.74, 6) is -1.53. The Balaban J connectivity index is 1.63. The number of carbonyl (C=O) groups excluding carboxylic acids is 1. The van der Waals surface area contributed by atoms with Crippen molar-refractivity contribution in [3.63, 3.8) is 0 Å². The number of anilines is 1. The SMILES string of the molecule is CC1=C(C(=O)O)C(c2cccc([N+](=O)[O-])c2)n2c(cc(=O)n2C(=O)CCCN(C)Cc2ccccc2)N1. The van der Waals surface area contributed by atoms with Crippen LogP contribution in [0.3, 0.4) is 0 Å². The normalized spacial score (nSPS) is 14.8. The van der Waals surface area contributed by atoms with Crippen molar-refractivity contribution in [2.45, 2.75) is 32.4 Å². The summed E-state index contributed by atoms with van der Waals surface area (Å²) in [5, 5.41) is 24.2. The molecular weight excluding hydrogens is 478 g/mol. The number of hydrogen-bond donors (Lipinski definition) is 2. The highest BCUT2D eigenvalue weighted by Gasteiger charge is 2.36. The predicted molar refractivity (Wildman–Crippen MR) is 137 cm³/mol. The summed E-state index contributed by atoms with van der Waals surface area (Å²) < 4.78 is 2.21. The summed E-state index contributed by atoms with van der Waals surface area (Å²) in [5.41, 5.74) is 0.730. The Kier molecular flexibility index (Phi) is 7.35. The number of nitro benzene ring substituents is 1. The molecule has 2 aromatic carbocycles. The number of benzene rings is 2. The van der Waals surface area contributed by atoms with Gasteiger partial charge in [-0.15, -0.1) is 0 Å². The van der Waals surface area contributed by atoms with E-state index in [9.17, 15) is 29.6 Å². The summed E-state index contributed by atoms with van der Waals surface area (Å²) in [7, 11) is 1.94. The molecule has 11 heteroatoms. The van der Waals surface area contributed by atoms with E-state index in [1.54, 1.807) is 13.0 Å². The Hall–Kier alpha value is -4.51. The van der Waals surface area contributed by atoms with Crippen molar-refractivity contribution in [3.8, 4) is 0 Å². The van der Waals surface area contributed by atoms with E-state index in [4.69, 9.17) is 0 Å². The van der Waals surface area contributed by atoms with E-state index in [0.29, 0.717) is 19.5 Å². The maximum absolute atomic E-state index is 13.3. The Morgan fingerprint density at radius 2 is 1.86 bits per heavy atom. The minimum absolute atomic E-state index is 0.0508. The van der Waals surface area contributed by atoms with Crippen LogP contribution in [0.5, 0.6) is 0 Å². The number of nitrogens with zero attached hydrogens (tertiary/aromatic N) is 4. The Morgan fingerprint density at radius 1 is 1.14 bits per heavy atom. The van der Waals surface area contributed by atoms with Gasteiger partial charge in [-0.3, -0.25) is 19.7 Å². The number of carbonyl (C=O) groups is 2. The molecule has 11 nitrogen and oxygen atoms in total. The first kappa shape index (κ1) is 25.6. The molecule has 2 heterocycles. The van der Waals surface area contributed by atoms with Crippen LogP contribution in [0.25, 0.3) is 0 Å². The zero-order valence-electron chi connectivity index (χ0n) is 20.5. The summed E-state index contributed by atoms with van der Waals surface area (Å²) >= 11 is 0. The number of aromatic nitrogens is 2. The van der Waals surface area contributed by atoms with Gasteiger partial charge >= 0.3 is 5.97 Å². The quantitative estimate of drug-likeness (QED) is 0.333. The Labute approximate surface area is 212 Å². The van der Waals surface area contributed by atoms with Crippen molar-refractivity contribution in [3.05, 3.63) is 104 Å². The van der Waals surface area contributed by atoms with Gasteiger partial charge in [0.15, 0.2) is 0 Å². The maximum atomic E-state index is 13.3. The van der Waals surface area contributed by atoms with E-state index in [-0.39, 0.29) is 34.8 Å². The minimum Gasteiger partial charge on any atom is -0.478 e. The zero-order valence-corrected chi connectivity index (χ0v) is 20.5. The summed E-state index contributed by atoms with van der Waals surface area (Å²) in [6.07, 6.45) is 0.528. The molecule has 0 radical (unpaired) electrons. The smallest absolute Gasteiger partial charge is 0.335 e. The molecule has 0 saturated heterocycles. The minimum atomic E-state index is -1.27. The van der Waals surface area contributed by atoms with E-state index in [2.05, 4.69) is 10.2 Å². The van der Waals surface area contributed by atoms with Crippen LogP contribution in [0.15, 0.2) is 76.7 Å². The maximum Gasteiger partial charge on any atom is 0.335 e. The molecule has 1 unspecified atom stereocenters. The third kappa shape index (κ3) is 5.36. The molecule has 0 saturated carbocycles. The Bertz CT molecular complexity index is 1440. The van der Waals surface area contributed by atoms with Crippen LogP contribution in [-0.4, -0.2) is 49.8 Å². The molecule has 0 amide bonds. The fourth-order valence-electron chi connectivity index (χ4n) is 4.61. The van der Waals surface area contributed by atoms with E-state index in [0.717, 1.165) is 10.2 Å². The van der Waals surface area contributed by atoms with E-state index < -0.39 is 28.4 Å². The summed E-state index contributed by atoms with van der Waals surface area (Å²) in [6.45, 7) is 2.86. The zero-order chi connectivity index (χ0) is 26.7. The van der Waals surface area contributed by atoms with Gasteiger partial charge in [-0.2, -0.15) is 4.68 Å². The topological polar surface area (TPSA) is 140 Å². The lowest BCUT2D eigenvalue weighted by Crippen LogP contribution is -2.37. The van der Waals surface area contributed by atoms with E-state index in [1.807, 2.05) is 37.4 Å². The van der Waals surface area contributed by atoms with Crippen LogP contribution in [0.4, 0.5) is 11.5 Å². The first-order chi connectivity index (χ1) is 17.7. The predicted octanol–water partition coefficient (Wildman–Crippen LogP) is 3.48. The van der Waals surface area contributed by atoms with E-state index in [1.165, 1.54) is 28.9 Å². The lowest BCUT2D eigenvalue weighted by Gasteiger charge is -2.30. The number of carboxylic acids is 1. The van der Waals surface area contributed by atoms with Gasteiger partial charge < -0.3 is 15.3 Å². The number of hydrogen-bond acceptors (Lipinski definition) is 7. The van der Waals surface area contributed by atoms with Crippen LogP contribution in [0.1, 0.15) is 41.7 Å². The van der Waals surface area contributed by atoms with Gasteiger partial charge in [0, 0.05) is 36.9 Å². The van der Waals surface area contributed by atoms with Crippen molar-refractivity contribution >= 4 is 23.4 Å². The van der Waals surface area contributed by atoms with Gasteiger partial charge in [0.05, 0.1) is 10.5 Å². The number of aliphatic carboxylic acids is 1. The average molecular weight is 506 g/mol. The second-order valence-corrected chi connectivity index (χ2v) is 8.97. The molecule has 1 aromatic heterocycles. The van der Waals surface area contributed by atoms with Crippen molar-refractivity contribution in [2.75, 3.05) is 18.9 Å². The van der Waals surface area contributed by atoms with Crippen LogP contribution >= 0.6 is 0 Å². The standard InChI is InChI=1S/C26H27N5O6/c1-17-24(26(34)35)25(19-10-6-11-20(14-19)31(36)37)29-21(27-17)15-23(33)30(29)22(32)12-7-13-28(2)16-18-8-4-3-5-9-18/h3-6,8-11,14-15,25,27H,7,12-13,16H2,1-2H3,(H,34,35). The Morgan fingerprint density at radius 3 is 2.54 bits per heavy atom. The van der Waals surface area contributed by atoms with E-state index >= 15 is 0 Å². The van der Waals surface area contributed by atoms with Crippen molar-refractivity contribution < 1.29 is 19.6 Å². The molecule has 1 aliphatic heterocycles. The van der Waals surface area contributed by atoms with Gasteiger partial charge in [-0.1, -0.05) is 42.5 Å². The monoisotopic (exact) mass is 505 g/mol. The number of carboxylic acid groups (broad SMARTS) is 1. The largest absolute Gasteiger partial charge is 0.478 e. The van der Waals surface area contributed by atoms with Crippen molar-refractivity contribution in [1.82, 2.24) is 14.3 Å². The molecule has 0 fully saturated rings. The summed E-state index contributed by atoms with van der Waals surface area (Å²) in [4.78, 5) is 51.3. The molecule has 0 bridgehead atoms. The average Bonchev–Trinajstić information content (AvgIpc) is 3.18. The van der Waals surface area contributed by atoms with Crippen molar-refractivity contribution in [2.24, 2.45) is 0 Å². The lowest BCUT2D eigenvalue weighted by molar-refractivity contribution is -0.384. The molecule has 192 valence electrons. The van der Waals surface area contributed by atoms with Gasteiger partial charge in [0.1, 0.15) is 11.9 Å². The number of nitro groups is 1. The fourth-order valence-corrected chi connectivity index (χ4v) is 4.61. The fraction of sp³-hybridized carbons (Fsp3) is 0.269. The van der Waals surface area contributed by atoms with Crippen LogP contribution in [0.2, 0.25) is 0 Å². The highest BCUT2D eigenvalue weighted by molar-refractivity contribution is 5.91. The van der Waals surface area contributed by atoms with Crippen LogP contribution in [0, 0.1) is 10.1 Å². The number of non-ortho nitro benzene ring substituents is 1. The number of rotatable bonds is 9. The molecule has 37 heavy (non-hydrogen) atoms. The molecule has 2 N–H and O–H groups in total. The molecule has 1 atom stereocenters. The van der Waals surface area contributed by atoms with Gasteiger partial charge in [0.25, 0.3) is 11.2 Å².